The fourth-order valence-electron chi connectivity index (χ4n) is 3.38. The molecule has 2 rings (SSSR count). The fourth-order valence-corrected chi connectivity index (χ4v) is 3.38. The molecule has 0 fully saturated rings. The van der Waals surface area contributed by atoms with Crippen molar-refractivity contribution in [3.8, 4) is 17.2 Å². The average Bonchev–Trinajstić information content (AvgIpc) is 2.87. The third-order valence-electron chi connectivity index (χ3n) is 5.12. The van der Waals surface area contributed by atoms with Gasteiger partial charge in [-0.3, -0.25) is 9.59 Å². The number of amides is 2. The average molecular weight is 528 g/mol. The summed E-state index contributed by atoms with van der Waals surface area (Å²) in [6.45, 7) is 9.56. The molecule has 2 aromatic rings. The van der Waals surface area contributed by atoms with Crippen LogP contribution in [0.3, 0.4) is 0 Å². The smallest absolute Gasteiger partial charge is 0.344 e. The first-order valence-electron chi connectivity index (χ1n) is 12.6. The highest BCUT2D eigenvalue weighted by molar-refractivity contribution is 5.89. The Hall–Kier alpha value is -4.08. The van der Waals surface area contributed by atoms with Gasteiger partial charge in [0.1, 0.15) is 11.8 Å². The van der Waals surface area contributed by atoms with Crippen molar-refractivity contribution in [2.45, 2.75) is 47.1 Å². The Labute approximate surface area is 223 Å². The van der Waals surface area contributed by atoms with E-state index in [0.717, 1.165) is 5.56 Å². The lowest BCUT2D eigenvalue weighted by atomic mass is 10.0. The Morgan fingerprint density at radius 2 is 1.66 bits per heavy atom. The largest absolute Gasteiger partial charge is 0.490 e. The molecular formula is C28H37N3O7. The number of ether oxygens (including phenoxy) is 4. The Balaban J connectivity index is 1.98. The maximum Gasteiger partial charge on any atom is 0.344 e. The molecule has 0 aliphatic rings. The molecule has 206 valence electrons. The number of hydrogen-bond donors (Lipinski definition) is 2. The van der Waals surface area contributed by atoms with Crippen LogP contribution in [0, 0.1) is 12.8 Å². The fraction of sp³-hybridized carbons (Fsp3) is 0.429. The van der Waals surface area contributed by atoms with Gasteiger partial charge in [-0.05, 0) is 68.5 Å². The summed E-state index contributed by atoms with van der Waals surface area (Å²) in [5.41, 5.74) is 4.03. The first-order chi connectivity index (χ1) is 18.2. The predicted octanol–water partition coefficient (Wildman–Crippen LogP) is 3.40. The summed E-state index contributed by atoms with van der Waals surface area (Å²) in [5, 5.41) is 6.76. The number of carbonyl (C=O) groups excluding carboxylic acids is 3. The standard InChI is InChI=1S/C28H37N3O7/c1-6-35-25-15-21(12-13-24(25)38-18-27(33)36-7-2)16-29-31-28(34)22(14-19(3)4)30-26(32)17-37-23-11-9-8-10-20(23)5/h8-13,15-16,19,22H,6-7,14,17-18H2,1-5H3,(H,30,32)(H,31,34)/b29-16-/t22-/m0/s1. The number of nitrogens with one attached hydrogen (secondary N) is 2. The van der Waals surface area contributed by atoms with Crippen LogP contribution in [0.2, 0.25) is 0 Å². The first-order valence-corrected chi connectivity index (χ1v) is 12.6. The molecule has 38 heavy (non-hydrogen) atoms. The van der Waals surface area contributed by atoms with E-state index < -0.39 is 23.8 Å². The van der Waals surface area contributed by atoms with Gasteiger partial charge >= 0.3 is 5.97 Å². The van der Waals surface area contributed by atoms with E-state index in [0.29, 0.717) is 35.8 Å². The summed E-state index contributed by atoms with van der Waals surface area (Å²) >= 11 is 0. The van der Waals surface area contributed by atoms with Crippen molar-refractivity contribution in [2.75, 3.05) is 26.4 Å². The van der Waals surface area contributed by atoms with Crippen LogP contribution in [0.5, 0.6) is 17.2 Å². The molecule has 0 bridgehead atoms. The number of carbonyl (C=O) groups is 3. The van der Waals surface area contributed by atoms with Crippen LogP contribution in [0.25, 0.3) is 0 Å². The predicted molar refractivity (Wildman–Crippen MR) is 144 cm³/mol. The number of benzene rings is 2. The van der Waals surface area contributed by atoms with Gasteiger partial charge in [-0.1, -0.05) is 32.0 Å². The lowest BCUT2D eigenvalue weighted by Crippen LogP contribution is -2.47. The van der Waals surface area contributed by atoms with Crippen LogP contribution in [-0.4, -0.2) is 56.5 Å². The van der Waals surface area contributed by atoms with Gasteiger partial charge in [-0.2, -0.15) is 5.10 Å². The minimum atomic E-state index is -0.780. The number of rotatable bonds is 15. The van der Waals surface area contributed by atoms with Crippen molar-refractivity contribution in [3.63, 3.8) is 0 Å². The SMILES string of the molecule is CCOC(=O)COc1ccc(/C=N\NC(=O)[C@H](CC(C)C)NC(=O)COc2ccccc2C)cc1OCC. The van der Waals surface area contributed by atoms with Crippen molar-refractivity contribution in [1.82, 2.24) is 10.7 Å². The van der Waals surface area contributed by atoms with Gasteiger partial charge in [0.05, 0.1) is 19.4 Å². The second kappa shape index (κ2) is 15.9. The lowest BCUT2D eigenvalue weighted by Gasteiger charge is -2.19. The molecule has 10 heteroatoms. The summed E-state index contributed by atoms with van der Waals surface area (Å²) in [6.07, 6.45) is 1.88. The van der Waals surface area contributed by atoms with E-state index in [9.17, 15) is 14.4 Å². The molecule has 1 atom stereocenters. The van der Waals surface area contributed by atoms with Gasteiger partial charge in [0.2, 0.25) is 0 Å². The topological polar surface area (TPSA) is 125 Å². The Morgan fingerprint density at radius 3 is 2.34 bits per heavy atom. The number of hydrogen-bond acceptors (Lipinski definition) is 8. The number of hydrazone groups is 1. The quantitative estimate of drug-likeness (QED) is 0.207. The third kappa shape index (κ3) is 10.5. The summed E-state index contributed by atoms with van der Waals surface area (Å²) in [7, 11) is 0. The molecule has 0 heterocycles. The summed E-state index contributed by atoms with van der Waals surface area (Å²) in [5.74, 6) is 0.243. The summed E-state index contributed by atoms with van der Waals surface area (Å²) in [6, 6.07) is 11.6. The van der Waals surface area contributed by atoms with Crippen LogP contribution in [-0.2, 0) is 19.1 Å². The van der Waals surface area contributed by atoms with Gasteiger partial charge in [-0.15, -0.1) is 0 Å². The van der Waals surface area contributed by atoms with E-state index in [1.807, 2.05) is 45.9 Å². The van der Waals surface area contributed by atoms with Crippen LogP contribution >= 0.6 is 0 Å². The molecule has 0 unspecified atom stereocenters. The highest BCUT2D eigenvalue weighted by atomic mass is 16.6. The first kappa shape index (κ1) is 30.1. The van der Waals surface area contributed by atoms with Crippen molar-refractivity contribution in [3.05, 3.63) is 53.6 Å². The minimum absolute atomic E-state index is 0.156. The van der Waals surface area contributed by atoms with E-state index in [1.165, 1.54) is 6.21 Å². The Kier molecular flexibility index (Phi) is 12.6. The number of para-hydroxylation sites is 1. The molecule has 0 spiro atoms. The highest BCUT2D eigenvalue weighted by Crippen LogP contribution is 2.28. The second-order valence-electron chi connectivity index (χ2n) is 8.77. The van der Waals surface area contributed by atoms with Gasteiger partial charge in [0.15, 0.2) is 24.7 Å². The molecule has 2 N–H and O–H groups in total. The zero-order valence-electron chi connectivity index (χ0n) is 22.6. The van der Waals surface area contributed by atoms with Crippen molar-refractivity contribution in [1.29, 1.82) is 0 Å². The molecule has 0 saturated heterocycles. The van der Waals surface area contributed by atoms with Gasteiger partial charge in [0, 0.05) is 0 Å². The number of nitrogens with zero attached hydrogens (tertiary/aromatic N) is 1. The Morgan fingerprint density at radius 1 is 0.921 bits per heavy atom. The van der Waals surface area contributed by atoms with E-state index in [4.69, 9.17) is 18.9 Å². The van der Waals surface area contributed by atoms with Crippen LogP contribution in [0.4, 0.5) is 0 Å². The van der Waals surface area contributed by atoms with Crippen LogP contribution < -0.4 is 25.0 Å². The number of aryl methyl sites for hydroxylation is 1. The molecule has 0 aliphatic heterocycles. The lowest BCUT2D eigenvalue weighted by molar-refractivity contribution is -0.145. The summed E-state index contributed by atoms with van der Waals surface area (Å²) in [4.78, 5) is 36.8. The highest BCUT2D eigenvalue weighted by Gasteiger charge is 2.22. The van der Waals surface area contributed by atoms with Crippen molar-refractivity contribution >= 4 is 24.0 Å². The summed E-state index contributed by atoms with van der Waals surface area (Å²) < 4.78 is 21.6. The molecular weight excluding hydrogens is 490 g/mol. The third-order valence-corrected chi connectivity index (χ3v) is 5.12. The van der Waals surface area contributed by atoms with Crippen molar-refractivity contribution in [2.24, 2.45) is 11.0 Å². The van der Waals surface area contributed by atoms with E-state index >= 15 is 0 Å². The van der Waals surface area contributed by atoms with E-state index in [1.54, 1.807) is 31.2 Å². The van der Waals surface area contributed by atoms with Gasteiger partial charge in [-0.25, -0.2) is 10.2 Å². The normalized spacial score (nSPS) is 11.6. The van der Waals surface area contributed by atoms with Gasteiger partial charge < -0.3 is 24.3 Å². The van der Waals surface area contributed by atoms with Crippen molar-refractivity contribution < 1.29 is 33.3 Å². The molecule has 0 aliphatic carbocycles. The van der Waals surface area contributed by atoms with Gasteiger partial charge in [0.25, 0.3) is 11.8 Å². The zero-order chi connectivity index (χ0) is 27.9. The number of esters is 1. The minimum Gasteiger partial charge on any atom is -0.490 e. The molecule has 10 nitrogen and oxygen atoms in total. The second-order valence-corrected chi connectivity index (χ2v) is 8.77. The monoisotopic (exact) mass is 527 g/mol. The Bertz CT molecular complexity index is 1100. The maximum absolute atomic E-state index is 12.8. The molecule has 2 amide bonds. The van der Waals surface area contributed by atoms with Crippen LogP contribution in [0.15, 0.2) is 47.6 Å². The molecule has 0 saturated carbocycles. The van der Waals surface area contributed by atoms with Crippen LogP contribution in [0.1, 0.15) is 45.2 Å². The maximum atomic E-state index is 12.8. The molecule has 2 aromatic carbocycles. The van der Waals surface area contributed by atoms with E-state index in [-0.39, 0.29) is 25.7 Å². The molecule has 0 radical (unpaired) electrons. The zero-order valence-corrected chi connectivity index (χ0v) is 22.6. The molecule has 0 aromatic heterocycles. The van der Waals surface area contributed by atoms with E-state index in [2.05, 4.69) is 15.8 Å².